The molecule has 2 aromatic rings. The van der Waals surface area contributed by atoms with Crippen molar-refractivity contribution in [2.75, 3.05) is 37.6 Å². The van der Waals surface area contributed by atoms with Crippen molar-refractivity contribution in [3.63, 3.8) is 0 Å². The van der Waals surface area contributed by atoms with E-state index in [1.54, 1.807) is 6.92 Å². The molecule has 0 saturated carbocycles. The number of ether oxygens (including phenoxy) is 2. The molecular formula is C22H23ClF5N5O4. The van der Waals surface area contributed by atoms with Gasteiger partial charge in [0.05, 0.1) is 10.7 Å². The van der Waals surface area contributed by atoms with Gasteiger partial charge in [0.2, 0.25) is 12.3 Å². The molecule has 0 radical (unpaired) electrons. The SMILES string of the molecule is CCN(C=O)/C(COC)=N\N(C)c1nc(O[C@@H](C)C(F)(F)F)c(C(=O)Nc2c(F)cccc2Cl)cc1F. The highest BCUT2D eigenvalue weighted by Crippen LogP contribution is 2.31. The van der Waals surface area contributed by atoms with Crippen molar-refractivity contribution in [1.82, 2.24) is 9.88 Å². The number of hydrazone groups is 1. The summed E-state index contributed by atoms with van der Waals surface area (Å²) in [6, 6.07) is 4.07. The van der Waals surface area contributed by atoms with Crippen LogP contribution in [0.1, 0.15) is 24.2 Å². The van der Waals surface area contributed by atoms with E-state index in [1.807, 2.05) is 0 Å². The third kappa shape index (κ3) is 7.49. The molecule has 9 nitrogen and oxygen atoms in total. The molecule has 0 spiro atoms. The van der Waals surface area contributed by atoms with Gasteiger partial charge in [-0.3, -0.25) is 14.5 Å². The number of benzene rings is 1. The van der Waals surface area contributed by atoms with E-state index >= 15 is 4.39 Å². The van der Waals surface area contributed by atoms with Crippen molar-refractivity contribution < 1.29 is 41.0 Å². The summed E-state index contributed by atoms with van der Waals surface area (Å²) in [4.78, 5) is 29.0. The van der Waals surface area contributed by atoms with Crippen LogP contribution in [0.3, 0.4) is 0 Å². The number of hydrogen-bond donors (Lipinski definition) is 1. The van der Waals surface area contributed by atoms with E-state index < -0.39 is 52.8 Å². The molecule has 0 bridgehead atoms. The molecule has 15 heteroatoms. The van der Waals surface area contributed by atoms with Crippen molar-refractivity contribution in [3.05, 3.63) is 46.5 Å². The van der Waals surface area contributed by atoms with Gasteiger partial charge < -0.3 is 14.8 Å². The summed E-state index contributed by atoms with van der Waals surface area (Å²) in [6.45, 7) is 2.31. The number of anilines is 2. The quantitative estimate of drug-likeness (QED) is 0.154. The number of rotatable bonds is 10. The molecule has 0 unspecified atom stereocenters. The molecule has 1 aromatic carbocycles. The van der Waals surface area contributed by atoms with Crippen LogP contribution in [0, 0.1) is 11.6 Å². The number of amidine groups is 1. The van der Waals surface area contributed by atoms with Gasteiger partial charge >= 0.3 is 6.18 Å². The Bertz CT molecular complexity index is 1140. The van der Waals surface area contributed by atoms with Crippen LogP contribution >= 0.6 is 11.6 Å². The smallest absolute Gasteiger partial charge is 0.425 e. The lowest BCUT2D eigenvalue weighted by Gasteiger charge is -2.23. The summed E-state index contributed by atoms with van der Waals surface area (Å²) < 4.78 is 78.6. The van der Waals surface area contributed by atoms with E-state index in [1.165, 1.54) is 26.3 Å². The number of alkyl halides is 3. The van der Waals surface area contributed by atoms with Crippen LogP contribution in [0.15, 0.2) is 29.4 Å². The molecule has 1 atom stereocenters. The number of nitrogens with one attached hydrogen (secondary N) is 1. The summed E-state index contributed by atoms with van der Waals surface area (Å²) in [6.07, 6.45) is -6.86. The standard InChI is InChI=1S/C22H23ClF5N5O4/c1-5-33(11-34)17(10-36-4)31-32(3)19-16(25)9-13(21(30-19)37-12(2)22(26,27)28)20(35)29-18-14(23)7-6-8-15(18)24/h6-9,11-12H,5,10H2,1-4H3,(H,29,35)/b31-17-/t12-/m0/s1. The number of methoxy groups -OCH3 is 1. The van der Waals surface area contributed by atoms with Crippen LogP contribution in [0.4, 0.5) is 33.5 Å². The van der Waals surface area contributed by atoms with Gasteiger partial charge in [-0.05, 0) is 32.0 Å². The lowest BCUT2D eigenvalue weighted by atomic mass is 10.2. The van der Waals surface area contributed by atoms with Gasteiger partial charge in [-0.15, -0.1) is 0 Å². The van der Waals surface area contributed by atoms with Gasteiger partial charge in [0, 0.05) is 20.7 Å². The minimum Gasteiger partial charge on any atom is -0.464 e. The third-order valence-electron chi connectivity index (χ3n) is 4.76. The van der Waals surface area contributed by atoms with Gasteiger partial charge in [-0.1, -0.05) is 17.7 Å². The Morgan fingerprint density at radius 3 is 2.51 bits per heavy atom. The highest BCUT2D eigenvalue weighted by Gasteiger charge is 2.39. The average molecular weight is 552 g/mol. The summed E-state index contributed by atoms with van der Waals surface area (Å²) in [5, 5.41) is 6.75. The van der Waals surface area contributed by atoms with E-state index in [0.29, 0.717) is 19.4 Å². The zero-order valence-electron chi connectivity index (χ0n) is 20.1. The molecule has 0 aliphatic rings. The van der Waals surface area contributed by atoms with E-state index in [0.717, 1.165) is 16.0 Å². The maximum atomic E-state index is 15.1. The van der Waals surface area contributed by atoms with E-state index in [2.05, 4.69) is 15.4 Å². The van der Waals surface area contributed by atoms with Crippen LogP contribution in [-0.4, -0.2) is 67.6 Å². The van der Waals surface area contributed by atoms with Crippen LogP contribution < -0.4 is 15.1 Å². The first-order valence-electron chi connectivity index (χ1n) is 10.5. The molecule has 0 aliphatic heterocycles. The lowest BCUT2D eigenvalue weighted by Crippen LogP contribution is -2.35. The van der Waals surface area contributed by atoms with Crippen LogP contribution in [-0.2, 0) is 9.53 Å². The second-order valence-corrected chi connectivity index (χ2v) is 7.77. The fourth-order valence-electron chi connectivity index (χ4n) is 2.81. The molecule has 0 fully saturated rings. The average Bonchev–Trinajstić information content (AvgIpc) is 2.82. The van der Waals surface area contributed by atoms with Crippen molar-refractivity contribution in [1.29, 1.82) is 0 Å². The van der Waals surface area contributed by atoms with Crippen LogP contribution in [0.5, 0.6) is 5.88 Å². The maximum absolute atomic E-state index is 15.1. The predicted molar refractivity (Wildman–Crippen MR) is 126 cm³/mol. The van der Waals surface area contributed by atoms with E-state index in [-0.39, 0.29) is 24.0 Å². The number of pyridine rings is 1. The van der Waals surface area contributed by atoms with Gasteiger partial charge in [-0.25, -0.2) is 13.8 Å². The highest BCUT2D eigenvalue weighted by molar-refractivity contribution is 6.34. The summed E-state index contributed by atoms with van der Waals surface area (Å²) in [5.41, 5.74) is -1.25. The molecule has 0 saturated heterocycles. The summed E-state index contributed by atoms with van der Waals surface area (Å²) in [7, 11) is 2.53. The topological polar surface area (TPSA) is 96.4 Å². The lowest BCUT2D eigenvalue weighted by molar-refractivity contribution is -0.190. The van der Waals surface area contributed by atoms with Crippen molar-refractivity contribution >= 4 is 41.3 Å². The normalized spacial score (nSPS) is 12.6. The second kappa shape index (κ2) is 12.6. The Balaban J connectivity index is 2.59. The highest BCUT2D eigenvalue weighted by atomic mass is 35.5. The second-order valence-electron chi connectivity index (χ2n) is 7.36. The molecule has 1 aromatic heterocycles. The Morgan fingerprint density at radius 1 is 1.30 bits per heavy atom. The number of para-hydroxylation sites is 1. The molecule has 1 N–H and O–H groups in total. The molecular weight excluding hydrogens is 529 g/mol. The number of carbonyl (C=O) groups is 2. The fourth-order valence-corrected chi connectivity index (χ4v) is 3.02. The minimum atomic E-state index is -4.86. The van der Waals surface area contributed by atoms with Crippen molar-refractivity contribution in [2.24, 2.45) is 5.10 Å². The fraction of sp³-hybridized carbons (Fsp3) is 0.364. The minimum absolute atomic E-state index is 0.0332. The van der Waals surface area contributed by atoms with Crippen molar-refractivity contribution in [2.45, 2.75) is 26.1 Å². The summed E-state index contributed by atoms with van der Waals surface area (Å²) in [5.74, 6) is -4.88. The first kappa shape index (κ1) is 29.7. The third-order valence-corrected chi connectivity index (χ3v) is 5.08. The largest absolute Gasteiger partial charge is 0.464 e. The van der Waals surface area contributed by atoms with E-state index in [4.69, 9.17) is 21.1 Å². The zero-order chi connectivity index (χ0) is 27.9. The first-order valence-corrected chi connectivity index (χ1v) is 10.9. The number of nitrogens with zero attached hydrogens (tertiary/aromatic N) is 4. The molecule has 1 heterocycles. The molecule has 2 rings (SSSR count). The number of aromatic nitrogens is 1. The Morgan fingerprint density at radius 2 is 1.97 bits per heavy atom. The maximum Gasteiger partial charge on any atom is 0.425 e. The van der Waals surface area contributed by atoms with E-state index in [9.17, 15) is 27.2 Å². The van der Waals surface area contributed by atoms with Crippen LogP contribution in [0.2, 0.25) is 5.02 Å². The van der Waals surface area contributed by atoms with Gasteiger partial charge in [0.1, 0.15) is 18.0 Å². The molecule has 0 aliphatic carbocycles. The predicted octanol–water partition coefficient (Wildman–Crippen LogP) is 4.47. The number of carbonyl (C=O) groups excluding carboxylic acids is 2. The van der Waals surface area contributed by atoms with Gasteiger partial charge in [0.25, 0.3) is 5.91 Å². The van der Waals surface area contributed by atoms with Crippen molar-refractivity contribution in [3.8, 4) is 5.88 Å². The zero-order valence-corrected chi connectivity index (χ0v) is 20.8. The monoisotopic (exact) mass is 551 g/mol. The number of amides is 2. The summed E-state index contributed by atoms with van der Waals surface area (Å²) >= 11 is 5.88. The number of hydrogen-bond acceptors (Lipinski definition) is 7. The Hall–Kier alpha value is -3.52. The number of likely N-dealkylation sites (N-methyl/N-ethyl adjacent to an activating group) is 1. The van der Waals surface area contributed by atoms with Crippen LogP contribution in [0.25, 0.3) is 0 Å². The Kier molecular flexibility index (Phi) is 10.1. The van der Waals surface area contributed by atoms with Gasteiger partial charge in [0.15, 0.2) is 23.6 Å². The first-order chi connectivity index (χ1) is 17.3. The van der Waals surface area contributed by atoms with Gasteiger partial charge in [-0.2, -0.15) is 23.3 Å². The Labute approximate surface area is 213 Å². The molecule has 202 valence electrons. The number of halogens is 6. The molecule has 37 heavy (non-hydrogen) atoms. The molecule has 2 amide bonds.